The molecule has 1 amide bonds. The van der Waals surface area contributed by atoms with Gasteiger partial charge in [-0.2, -0.15) is 0 Å². The number of amides is 1. The summed E-state index contributed by atoms with van der Waals surface area (Å²) in [7, 11) is 0. The van der Waals surface area contributed by atoms with E-state index in [1.807, 2.05) is 36.4 Å². The monoisotopic (exact) mass is 404 g/mol. The summed E-state index contributed by atoms with van der Waals surface area (Å²) in [6.45, 7) is 0.451. The normalized spacial score (nSPS) is 10.6. The molecule has 0 aliphatic rings. The Morgan fingerprint density at radius 1 is 0.929 bits per heavy atom. The Bertz CT molecular complexity index is 1090. The van der Waals surface area contributed by atoms with Crippen LogP contribution in [-0.4, -0.2) is 10.9 Å². The molecule has 0 aliphatic heterocycles. The van der Waals surface area contributed by atoms with Gasteiger partial charge in [-0.1, -0.05) is 60.1 Å². The zero-order valence-corrected chi connectivity index (χ0v) is 16.5. The van der Waals surface area contributed by atoms with Gasteiger partial charge in [-0.25, -0.2) is 4.98 Å². The van der Waals surface area contributed by atoms with E-state index in [0.717, 1.165) is 27.4 Å². The maximum Gasteiger partial charge on any atom is 0.251 e. The van der Waals surface area contributed by atoms with Gasteiger partial charge >= 0.3 is 0 Å². The van der Waals surface area contributed by atoms with Gasteiger partial charge in [0.05, 0.1) is 5.69 Å². The second kappa shape index (κ2) is 8.38. The third kappa shape index (κ3) is 4.30. The van der Waals surface area contributed by atoms with Gasteiger partial charge < -0.3 is 5.32 Å². The molecular formula is C23H17ClN2OS. The predicted octanol–water partition coefficient (Wildman–Crippen LogP) is 6.06. The molecule has 4 rings (SSSR count). The topological polar surface area (TPSA) is 42.0 Å². The number of aromatic nitrogens is 1. The predicted molar refractivity (Wildman–Crippen MR) is 116 cm³/mol. The summed E-state index contributed by atoms with van der Waals surface area (Å²) < 4.78 is 0. The summed E-state index contributed by atoms with van der Waals surface area (Å²) in [4.78, 5) is 17.0. The third-order valence-electron chi connectivity index (χ3n) is 4.31. The highest BCUT2D eigenvalue weighted by atomic mass is 35.5. The molecule has 4 aromatic rings. The molecule has 1 aromatic heterocycles. The highest BCUT2D eigenvalue weighted by molar-refractivity contribution is 7.13. The molecular weight excluding hydrogens is 388 g/mol. The van der Waals surface area contributed by atoms with E-state index in [4.69, 9.17) is 16.6 Å². The van der Waals surface area contributed by atoms with Crippen LogP contribution in [0.15, 0.2) is 84.2 Å². The lowest BCUT2D eigenvalue weighted by molar-refractivity contribution is 0.0951. The zero-order chi connectivity index (χ0) is 19.3. The molecule has 28 heavy (non-hydrogen) atoms. The van der Waals surface area contributed by atoms with Crippen LogP contribution in [0.2, 0.25) is 5.02 Å². The molecule has 0 saturated heterocycles. The van der Waals surface area contributed by atoms with Crippen LogP contribution in [0.1, 0.15) is 15.9 Å². The maximum absolute atomic E-state index is 12.3. The number of nitrogens with one attached hydrogen (secondary N) is 1. The molecule has 5 heteroatoms. The average molecular weight is 405 g/mol. The van der Waals surface area contributed by atoms with Gasteiger partial charge in [0.1, 0.15) is 5.01 Å². The summed E-state index contributed by atoms with van der Waals surface area (Å²) in [5.41, 5.74) is 4.74. The largest absolute Gasteiger partial charge is 0.348 e. The lowest BCUT2D eigenvalue weighted by atomic mass is 10.1. The minimum atomic E-state index is -0.123. The second-order valence-corrected chi connectivity index (χ2v) is 7.59. The average Bonchev–Trinajstić information content (AvgIpc) is 3.24. The maximum atomic E-state index is 12.3. The van der Waals surface area contributed by atoms with Crippen LogP contribution in [0.5, 0.6) is 0 Å². The minimum Gasteiger partial charge on any atom is -0.348 e. The Hall–Kier alpha value is -2.95. The van der Waals surface area contributed by atoms with E-state index in [-0.39, 0.29) is 5.91 Å². The molecule has 3 aromatic carbocycles. The molecule has 0 unspecified atom stereocenters. The Morgan fingerprint density at radius 3 is 2.46 bits per heavy atom. The molecule has 0 atom stereocenters. The van der Waals surface area contributed by atoms with Crippen molar-refractivity contribution < 1.29 is 4.79 Å². The van der Waals surface area contributed by atoms with Crippen molar-refractivity contribution in [2.75, 3.05) is 0 Å². The summed E-state index contributed by atoms with van der Waals surface area (Å²) >= 11 is 7.49. The standard InChI is InChI=1S/C23H17ClN2OS/c24-20-11-9-18(10-12-20)22(27)25-14-16-5-4-8-19(13-16)23-26-21(15-28-23)17-6-2-1-3-7-17/h1-13,15H,14H2,(H,25,27). The number of hydrogen-bond donors (Lipinski definition) is 1. The van der Waals surface area contributed by atoms with Gasteiger partial charge in [-0.05, 0) is 35.9 Å². The van der Waals surface area contributed by atoms with Crippen molar-refractivity contribution in [1.29, 1.82) is 0 Å². The van der Waals surface area contributed by atoms with E-state index < -0.39 is 0 Å². The first-order valence-electron chi connectivity index (χ1n) is 8.83. The fourth-order valence-corrected chi connectivity index (χ4v) is 3.80. The van der Waals surface area contributed by atoms with Crippen molar-refractivity contribution >= 4 is 28.8 Å². The van der Waals surface area contributed by atoms with Crippen LogP contribution < -0.4 is 5.32 Å². The van der Waals surface area contributed by atoms with Crippen LogP contribution in [0.4, 0.5) is 0 Å². The first kappa shape index (κ1) is 18.4. The van der Waals surface area contributed by atoms with E-state index in [9.17, 15) is 4.79 Å². The number of rotatable bonds is 5. The fourth-order valence-electron chi connectivity index (χ4n) is 2.85. The Morgan fingerprint density at radius 2 is 1.68 bits per heavy atom. The number of benzene rings is 3. The lowest BCUT2D eigenvalue weighted by Crippen LogP contribution is -2.22. The van der Waals surface area contributed by atoms with Crippen molar-refractivity contribution in [1.82, 2.24) is 10.3 Å². The first-order valence-corrected chi connectivity index (χ1v) is 10.1. The van der Waals surface area contributed by atoms with Gasteiger partial charge in [0.25, 0.3) is 5.91 Å². The molecule has 0 aliphatic carbocycles. The lowest BCUT2D eigenvalue weighted by Gasteiger charge is -2.07. The summed E-state index contributed by atoms with van der Waals surface area (Å²) in [5, 5.41) is 6.59. The third-order valence-corrected chi connectivity index (χ3v) is 5.45. The van der Waals surface area contributed by atoms with Crippen LogP contribution in [0.3, 0.4) is 0 Å². The van der Waals surface area contributed by atoms with Crippen molar-refractivity contribution in [2.45, 2.75) is 6.54 Å². The molecule has 0 radical (unpaired) electrons. The van der Waals surface area contributed by atoms with Crippen LogP contribution in [0.25, 0.3) is 21.8 Å². The molecule has 1 heterocycles. The highest BCUT2D eigenvalue weighted by Gasteiger charge is 2.09. The molecule has 3 nitrogen and oxygen atoms in total. The van der Waals surface area contributed by atoms with Gasteiger partial charge in [-0.3, -0.25) is 4.79 Å². The smallest absolute Gasteiger partial charge is 0.251 e. The Labute approximate surface area is 172 Å². The molecule has 0 fully saturated rings. The van der Waals surface area contributed by atoms with Crippen LogP contribution in [0, 0.1) is 0 Å². The van der Waals surface area contributed by atoms with E-state index in [0.29, 0.717) is 17.1 Å². The van der Waals surface area contributed by atoms with Crippen molar-refractivity contribution in [3.63, 3.8) is 0 Å². The Kier molecular flexibility index (Phi) is 5.51. The van der Waals surface area contributed by atoms with Gasteiger partial charge in [-0.15, -0.1) is 11.3 Å². The van der Waals surface area contributed by atoms with E-state index in [1.54, 1.807) is 35.6 Å². The van der Waals surface area contributed by atoms with E-state index in [1.165, 1.54) is 0 Å². The van der Waals surface area contributed by atoms with Crippen LogP contribution >= 0.6 is 22.9 Å². The van der Waals surface area contributed by atoms with Crippen molar-refractivity contribution in [3.8, 4) is 21.8 Å². The number of carbonyl (C=O) groups is 1. The summed E-state index contributed by atoms with van der Waals surface area (Å²) in [6, 6.07) is 25.1. The fraction of sp³-hybridized carbons (Fsp3) is 0.0435. The Balaban J connectivity index is 1.47. The minimum absolute atomic E-state index is 0.123. The number of thiazole rings is 1. The van der Waals surface area contributed by atoms with Gasteiger partial charge in [0.15, 0.2) is 0 Å². The molecule has 0 saturated carbocycles. The summed E-state index contributed by atoms with van der Waals surface area (Å²) in [6.07, 6.45) is 0. The quantitative estimate of drug-likeness (QED) is 0.439. The SMILES string of the molecule is O=C(NCc1cccc(-c2nc(-c3ccccc3)cs2)c1)c1ccc(Cl)cc1. The van der Waals surface area contributed by atoms with E-state index in [2.05, 4.69) is 28.9 Å². The number of carbonyl (C=O) groups excluding carboxylic acids is 1. The number of nitrogens with zero attached hydrogens (tertiary/aromatic N) is 1. The van der Waals surface area contributed by atoms with Crippen LogP contribution in [-0.2, 0) is 6.54 Å². The summed E-state index contributed by atoms with van der Waals surface area (Å²) in [5.74, 6) is -0.123. The molecule has 1 N–H and O–H groups in total. The van der Waals surface area contributed by atoms with Crippen molar-refractivity contribution in [2.24, 2.45) is 0 Å². The molecule has 0 spiro atoms. The van der Waals surface area contributed by atoms with Gasteiger partial charge in [0, 0.05) is 33.6 Å². The van der Waals surface area contributed by atoms with Gasteiger partial charge in [0.2, 0.25) is 0 Å². The first-order chi connectivity index (χ1) is 13.7. The van der Waals surface area contributed by atoms with Crippen molar-refractivity contribution in [3.05, 3.63) is 100 Å². The highest BCUT2D eigenvalue weighted by Crippen LogP contribution is 2.29. The van der Waals surface area contributed by atoms with E-state index >= 15 is 0 Å². The number of halogens is 1. The molecule has 0 bridgehead atoms. The number of hydrogen-bond acceptors (Lipinski definition) is 3. The molecule has 138 valence electrons. The zero-order valence-electron chi connectivity index (χ0n) is 14.9. The second-order valence-electron chi connectivity index (χ2n) is 6.29.